The summed E-state index contributed by atoms with van der Waals surface area (Å²) < 4.78 is 0.801. The van der Waals surface area contributed by atoms with Crippen molar-refractivity contribution in [1.29, 1.82) is 0 Å². The fourth-order valence-electron chi connectivity index (χ4n) is 3.40. The zero-order chi connectivity index (χ0) is 15.9. The summed E-state index contributed by atoms with van der Waals surface area (Å²) in [5.74, 6) is 0.0154. The van der Waals surface area contributed by atoms with Crippen LogP contribution in [0.3, 0.4) is 0 Å². The Morgan fingerprint density at radius 1 is 1.45 bits per heavy atom. The molecule has 0 unspecified atom stereocenters. The number of piperidine rings is 1. The van der Waals surface area contributed by atoms with Crippen LogP contribution in [0.25, 0.3) is 0 Å². The summed E-state index contributed by atoms with van der Waals surface area (Å²) in [5, 5.41) is 2.88. The van der Waals surface area contributed by atoms with E-state index in [0.29, 0.717) is 0 Å². The van der Waals surface area contributed by atoms with E-state index in [2.05, 4.69) is 16.3 Å². The maximum absolute atomic E-state index is 12.4. The quantitative estimate of drug-likeness (QED) is 0.860. The minimum atomic E-state index is -0.780. The topological polar surface area (TPSA) is 52.7 Å². The lowest BCUT2D eigenvalue weighted by molar-refractivity contribution is -0.132. The number of halogens is 1. The summed E-state index contributed by atoms with van der Waals surface area (Å²) in [6.07, 6.45) is 1.99. The van der Waals surface area contributed by atoms with Crippen LogP contribution in [0.4, 0.5) is 4.79 Å². The molecule has 120 valence electrons. The molecule has 2 saturated heterocycles. The Bertz CT molecular complexity index is 605. The molecule has 2 aliphatic rings. The molecule has 0 spiro atoms. The van der Waals surface area contributed by atoms with Gasteiger partial charge in [-0.05, 0) is 38.4 Å². The predicted molar refractivity (Wildman–Crippen MR) is 87.0 cm³/mol. The molecule has 0 aromatic carbocycles. The van der Waals surface area contributed by atoms with Crippen LogP contribution in [-0.2, 0) is 11.3 Å². The van der Waals surface area contributed by atoms with Gasteiger partial charge < -0.3 is 5.32 Å². The van der Waals surface area contributed by atoms with Gasteiger partial charge in [-0.1, -0.05) is 11.6 Å². The van der Waals surface area contributed by atoms with E-state index >= 15 is 0 Å². The largest absolute Gasteiger partial charge is 0.324 e. The van der Waals surface area contributed by atoms with E-state index in [1.165, 1.54) is 16.8 Å². The molecule has 0 aliphatic carbocycles. The van der Waals surface area contributed by atoms with Crippen LogP contribution in [0.15, 0.2) is 12.1 Å². The summed E-state index contributed by atoms with van der Waals surface area (Å²) in [6.45, 7) is 4.53. The van der Waals surface area contributed by atoms with Gasteiger partial charge in [0.05, 0.1) is 4.34 Å². The van der Waals surface area contributed by atoms with Gasteiger partial charge in [0.2, 0.25) is 0 Å². The number of nitrogens with one attached hydrogen (secondary N) is 1. The van der Waals surface area contributed by atoms with Crippen molar-refractivity contribution in [2.75, 3.05) is 20.1 Å². The summed E-state index contributed by atoms with van der Waals surface area (Å²) in [6, 6.07) is 3.67. The number of amides is 3. The van der Waals surface area contributed by atoms with E-state index in [-0.39, 0.29) is 17.9 Å². The standard InChI is InChI=1S/C15H20ClN3O2S/c1-15(13(20)18(2)14(21)17-15)10-4-3-7-19(8-10)9-11-5-6-12(16)22-11/h5-6,10H,3-4,7-9H2,1-2H3,(H,17,21)/t10-,15-/m1/s1. The Labute approximate surface area is 139 Å². The SMILES string of the molecule is CN1C(=O)N[C@](C)([C@@H]2CCCN(Cc3ccc(Cl)s3)C2)C1=O. The molecular weight excluding hydrogens is 322 g/mol. The van der Waals surface area contributed by atoms with Gasteiger partial charge in [-0.2, -0.15) is 0 Å². The van der Waals surface area contributed by atoms with Gasteiger partial charge in [-0.25, -0.2) is 4.79 Å². The molecule has 22 heavy (non-hydrogen) atoms. The molecule has 1 N–H and O–H groups in total. The lowest BCUT2D eigenvalue weighted by atomic mass is 9.80. The predicted octanol–water partition coefficient (Wildman–Crippen LogP) is 2.55. The van der Waals surface area contributed by atoms with Crippen molar-refractivity contribution in [2.45, 2.75) is 31.8 Å². The first-order valence-electron chi connectivity index (χ1n) is 7.47. The normalized spacial score (nSPS) is 30.0. The maximum Gasteiger partial charge on any atom is 0.324 e. The monoisotopic (exact) mass is 341 g/mol. The molecule has 5 nitrogen and oxygen atoms in total. The van der Waals surface area contributed by atoms with Gasteiger partial charge in [0.25, 0.3) is 5.91 Å². The van der Waals surface area contributed by atoms with E-state index in [1.54, 1.807) is 11.3 Å². The molecule has 3 amide bonds. The van der Waals surface area contributed by atoms with Crippen LogP contribution >= 0.6 is 22.9 Å². The average molecular weight is 342 g/mol. The van der Waals surface area contributed by atoms with Crippen molar-refractivity contribution in [1.82, 2.24) is 15.1 Å². The van der Waals surface area contributed by atoms with E-state index in [4.69, 9.17) is 11.6 Å². The molecule has 2 atom stereocenters. The second kappa shape index (κ2) is 5.83. The Morgan fingerprint density at radius 3 is 2.82 bits per heavy atom. The highest BCUT2D eigenvalue weighted by Crippen LogP contribution is 2.33. The third-order valence-corrected chi connectivity index (χ3v) is 5.97. The number of imide groups is 1. The fraction of sp³-hybridized carbons (Fsp3) is 0.600. The van der Waals surface area contributed by atoms with Crippen molar-refractivity contribution in [3.8, 4) is 0 Å². The van der Waals surface area contributed by atoms with Crippen LogP contribution in [0, 0.1) is 5.92 Å². The summed E-state index contributed by atoms with van der Waals surface area (Å²) in [7, 11) is 1.54. The number of likely N-dealkylation sites (N-methyl/N-ethyl adjacent to an activating group) is 1. The molecule has 0 saturated carbocycles. The molecular formula is C15H20ClN3O2S. The number of carbonyl (C=O) groups excluding carboxylic acids is 2. The highest BCUT2D eigenvalue weighted by atomic mass is 35.5. The molecule has 0 radical (unpaired) electrons. The van der Waals surface area contributed by atoms with Crippen LogP contribution in [0.5, 0.6) is 0 Å². The van der Waals surface area contributed by atoms with E-state index in [1.807, 2.05) is 13.0 Å². The molecule has 2 fully saturated rings. The number of thiophene rings is 1. The van der Waals surface area contributed by atoms with Crippen LogP contribution in [0.2, 0.25) is 4.34 Å². The zero-order valence-electron chi connectivity index (χ0n) is 12.8. The number of carbonyl (C=O) groups is 2. The Kier molecular flexibility index (Phi) is 4.18. The minimum Gasteiger partial charge on any atom is -0.323 e. The minimum absolute atomic E-state index is 0.122. The maximum atomic E-state index is 12.4. The highest BCUT2D eigenvalue weighted by molar-refractivity contribution is 7.16. The molecule has 1 aromatic heterocycles. The number of hydrogen-bond acceptors (Lipinski definition) is 4. The molecule has 3 rings (SSSR count). The van der Waals surface area contributed by atoms with E-state index < -0.39 is 5.54 Å². The average Bonchev–Trinajstić information content (AvgIpc) is 2.98. The van der Waals surface area contributed by atoms with Gasteiger partial charge in [0, 0.05) is 30.9 Å². The lowest BCUT2D eigenvalue weighted by Gasteiger charge is -2.39. The molecule has 3 heterocycles. The van der Waals surface area contributed by atoms with Gasteiger partial charge in [-0.3, -0.25) is 14.6 Å². The Morgan fingerprint density at radius 2 is 2.23 bits per heavy atom. The molecule has 7 heteroatoms. The van der Waals surface area contributed by atoms with Crippen LogP contribution < -0.4 is 5.32 Å². The first-order valence-corrected chi connectivity index (χ1v) is 8.66. The van der Waals surface area contributed by atoms with Crippen molar-refractivity contribution in [3.63, 3.8) is 0 Å². The number of rotatable bonds is 3. The summed E-state index contributed by atoms with van der Waals surface area (Å²) >= 11 is 7.58. The van der Waals surface area contributed by atoms with Crippen molar-refractivity contribution in [2.24, 2.45) is 5.92 Å². The second-order valence-electron chi connectivity index (χ2n) is 6.28. The fourth-order valence-corrected chi connectivity index (χ4v) is 4.53. The van der Waals surface area contributed by atoms with E-state index in [0.717, 1.165) is 36.8 Å². The zero-order valence-corrected chi connectivity index (χ0v) is 14.3. The first kappa shape index (κ1) is 15.8. The third kappa shape index (κ3) is 2.75. The summed E-state index contributed by atoms with van der Waals surface area (Å²) in [5.41, 5.74) is -0.780. The van der Waals surface area contributed by atoms with E-state index in [9.17, 15) is 9.59 Å². The Balaban J connectivity index is 1.70. The molecule has 0 bridgehead atoms. The number of likely N-dealkylation sites (tertiary alicyclic amines) is 1. The van der Waals surface area contributed by atoms with Crippen molar-refractivity contribution < 1.29 is 9.59 Å². The van der Waals surface area contributed by atoms with Crippen molar-refractivity contribution in [3.05, 3.63) is 21.3 Å². The number of hydrogen-bond donors (Lipinski definition) is 1. The highest BCUT2D eigenvalue weighted by Gasteiger charge is 2.51. The smallest absolute Gasteiger partial charge is 0.323 e. The molecule has 1 aromatic rings. The number of urea groups is 1. The van der Waals surface area contributed by atoms with Gasteiger partial charge in [-0.15, -0.1) is 11.3 Å². The third-order valence-electron chi connectivity index (χ3n) is 4.75. The van der Waals surface area contributed by atoms with Crippen molar-refractivity contribution >= 4 is 34.9 Å². The second-order valence-corrected chi connectivity index (χ2v) is 8.08. The van der Waals surface area contributed by atoms with Gasteiger partial charge in [0.15, 0.2) is 0 Å². The summed E-state index contributed by atoms with van der Waals surface area (Å²) in [4.78, 5) is 29.0. The lowest BCUT2D eigenvalue weighted by Crippen LogP contribution is -2.55. The Hall–Kier alpha value is -1.11. The number of nitrogens with zero attached hydrogens (tertiary/aromatic N) is 2. The van der Waals surface area contributed by atoms with Gasteiger partial charge in [0.1, 0.15) is 5.54 Å². The van der Waals surface area contributed by atoms with Gasteiger partial charge >= 0.3 is 6.03 Å². The van der Waals surface area contributed by atoms with Crippen LogP contribution in [-0.4, -0.2) is 47.4 Å². The molecule has 2 aliphatic heterocycles. The van der Waals surface area contributed by atoms with Crippen LogP contribution in [0.1, 0.15) is 24.6 Å². The first-order chi connectivity index (χ1) is 10.4.